The molecule has 1 aromatic rings. The Balaban J connectivity index is 1.43. The zero-order valence-corrected chi connectivity index (χ0v) is 13.9. The Kier molecular flexibility index (Phi) is 6.06. The lowest BCUT2D eigenvalue weighted by Crippen LogP contribution is -2.43. The molecule has 1 N–H and O–H groups in total. The summed E-state index contributed by atoms with van der Waals surface area (Å²) in [5.74, 6) is 1.21. The van der Waals surface area contributed by atoms with Crippen LogP contribution < -0.4 is 5.32 Å². The van der Waals surface area contributed by atoms with Crippen LogP contribution in [0, 0.1) is 5.92 Å². The summed E-state index contributed by atoms with van der Waals surface area (Å²) in [6, 6.07) is 10.7. The molecule has 0 aromatic heterocycles. The van der Waals surface area contributed by atoms with Crippen molar-refractivity contribution in [2.45, 2.75) is 31.6 Å². The van der Waals surface area contributed by atoms with E-state index >= 15 is 0 Å². The van der Waals surface area contributed by atoms with Gasteiger partial charge >= 0.3 is 0 Å². The van der Waals surface area contributed by atoms with E-state index in [1.807, 2.05) is 0 Å². The minimum Gasteiger partial charge on any atom is -0.381 e. The molecule has 2 fully saturated rings. The lowest BCUT2D eigenvalue weighted by atomic mass is 9.91. The van der Waals surface area contributed by atoms with Crippen molar-refractivity contribution >= 4 is 5.91 Å². The molecule has 2 saturated heterocycles. The van der Waals surface area contributed by atoms with Crippen LogP contribution in [0.5, 0.6) is 0 Å². The largest absolute Gasteiger partial charge is 0.381 e. The number of amides is 1. The highest BCUT2D eigenvalue weighted by molar-refractivity contribution is 5.78. The highest BCUT2D eigenvalue weighted by Gasteiger charge is 2.23. The number of nitrogens with one attached hydrogen (secondary N) is 1. The third-order valence-corrected chi connectivity index (χ3v) is 4.99. The smallest absolute Gasteiger partial charge is 0.234 e. The normalized spacial score (nSPS) is 25.9. The Bertz CT molecular complexity index is 485. The lowest BCUT2D eigenvalue weighted by Gasteiger charge is -2.32. The summed E-state index contributed by atoms with van der Waals surface area (Å²) in [4.78, 5) is 14.5. The fourth-order valence-corrected chi connectivity index (χ4v) is 3.68. The van der Waals surface area contributed by atoms with Crippen molar-refractivity contribution in [2.24, 2.45) is 5.92 Å². The second-order valence-corrected chi connectivity index (χ2v) is 6.87. The van der Waals surface area contributed by atoms with Crippen molar-refractivity contribution in [3.05, 3.63) is 35.9 Å². The molecule has 2 unspecified atom stereocenters. The zero-order chi connectivity index (χ0) is 15.9. The number of nitrogens with zero attached hydrogens (tertiary/aromatic N) is 1. The van der Waals surface area contributed by atoms with Gasteiger partial charge in [-0.25, -0.2) is 0 Å². The Morgan fingerprint density at radius 3 is 2.87 bits per heavy atom. The Labute approximate surface area is 139 Å². The first-order chi connectivity index (χ1) is 11.3. The number of rotatable bonds is 5. The fraction of sp³-hybridized carbons (Fsp3) is 0.632. The van der Waals surface area contributed by atoms with Gasteiger partial charge in [-0.3, -0.25) is 9.69 Å². The molecule has 1 amide bonds. The van der Waals surface area contributed by atoms with Crippen molar-refractivity contribution < 1.29 is 9.53 Å². The quantitative estimate of drug-likeness (QED) is 0.907. The number of hydrogen-bond donors (Lipinski definition) is 1. The van der Waals surface area contributed by atoms with Crippen LogP contribution >= 0.6 is 0 Å². The van der Waals surface area contributed by atoms with Gasteiger partial charge in [-0.1, -0.05) is 30.3 Å². The highest BCUT2D eigenvalue weighted by atomic mass is 16.5. The van der Waals surface area contributed by atoms with Crippen molar-refractivity contribution in [3.8, 4) is 0 Å². The van der Waals surface area contributed by atoms with E-state index in [1.54, 1.807) is 0 Å². The molecule has 3 rings (SSSR count). The predicted octanol–water partition coefficient (Wildman–Crippen LogP) is 2.41. The molecular weight excluding hydrogens is 288 g/mol. The Morgan fingerprint density at radius 1 is 1.22 bits per heavy atom. The first-order valence-corrected chi connectivity index (χ1v) is 8.93. The topological polar surface area (TPSA) is 41.6 Å². The van der Waals surface area contributed by atoms with Gasteiger partial charge in [0.15, 0.2) is 0 Å². The van der Waals surface area contributed by atoms with Crippen LogP contribution in [0.25, 0.3) is 0 Å². The minimum atomic E-state index is 0.157. The van der Waals surface area contributed by atoms with E-state index in [4.69, 9.17) is 4.74 Å². The first-order valence-electron chi connectivity index (χ1n) is 8.93. The number of likely N-dealkylation sites (tertiary alicyclic amines) is 1. The van der Waals surface area contributed by atoms with Crippen LogP contribution in [-0.2, 0) is 9.53 Å². The second-order valence-electron chi connectivity index (χ2n) is 6.87. The maximum absolute atomic E-state index is 12.2. The molecule has 2 atom stereocenters. The zero-order valence-electron chi connectivity index (χ0n) is 13.9. The van der Waals surface area contributed by atoms with Crippen molar-refractivity contribution in [2.75, 3.05) is 39.4 Å². The molecule has 126 valence electrons. The standard InChI is InChI=1S/C19H28N2O2/c22-19(20-12-16-6-5-11-23-15-16)14-21-10-4-9-18(13-21)17-7-2-1-3-8-17/h1-3,7-8,16,18H,4-6,9-15H2,(H,20,22). The third kappa shape index (κ3) is 5.05. The lowest BCUT2D eigenvalue weighted by molar-refractivity contribution is -0.122. The average Bonchev–Trinajstić information content (AvgIpc) is 2.62. The van der Waals surface area contributed by atoms with Gasteiger partial charge in [0.2, 0.25) is 5.91 Å². The highest BCUT2D eigenvalue weighted by Crippen LogP contribution is 2.26. The summed E-state index contributed by atoms with van der Waals surface area (Å²) in [6.45, 7) is 4.97. The summed E-state index contributed by atoms with van der Waals surface area (Å²) < 4.78 is 5.47. The van der Waals surface area contributed by atoms with Gasteiger partial charge in [0.25, 0.3) is 0 Å². The number of carbonyl (C=O) groups is 1. The van der Waals surface area contributed by atoms with Crippen molar-refractivity contribution in [3.63, 3.8) is 0 Å². The number of piperidine rings is 1. The predicted molar refractivity (Wildman–Crippen MR) is 91.4 cm³/mol. The Morgan fingerprint density at radius 2 is 2.09 bits per heavy atom. The number of benzene rings is 1. The number of hydrogen-bond acceptors (Lipinski definition) is 3. The van der Waals surface area contributed by atoms with E-state index in [9.17, 15) is 4.79 Å². The summed E-state index contributed by atoms with van der Waals surface area (Å²) in [7, 11) is 0. The molecule has 4 heteroatoms. The molecule has 23 heavy (non-hydrogen) atoms. The van der Waals surface area contributed by atoms with E-state index in [0.29, 0.717) is 18.4 Å². The van der Waals surface area contributed by atoms with Gasteiger partial charge in [-0.05, 0) is 49.6 Å². The molecule has 0 saturated carbocycles. The molecule has 0 radical (unpaired) electrons. The summed E-state index contributed by atoms with van der Waals surface area (Å²) >= 11 is 0. The van der Waals surface area contributed by atoms with Gasteiger partial charge in [0, 0.05) is 19.7 Å². The van der Waals surface area contributed by atoms with Gasteiger partial charge in [0.05, 0.1) is 13.2 Å². The molecule has 1 aromatic carbocycles. The number of carbonyl (C=O) groups excluding carboxylic acids is 1. The van der Waals surface area contributed by atoms with Crippen LogP contribution in [0.15, 0.2) is 30.3 Å². The summed E-state index contributed by atoms with van der Waals surface area (Å²) in [6.07, 6.45) is 4.68. The van der Waals surface area contributed by atoms with E-state index in [0.717, 1.165) is 39.3 Å². The van der Waals surface area contributed by atoms with E-state index in [2.05, 4.69) is 40.5 Å². The van der Waals surface area contributed by atoms with Crippen molar-refractivity contribution in [1.82, 2.24) is 10.2 Å². The summed E-state index contributed by atoms with van der Waals surface area (Å²) in [5.41, 5.74) is 1.40. The monoisotopic (exact) mass is 316 g/mol. The molecule has 2 aliphatic rings. The molecule has 2 aliphatic heterocycles. The van der Waals surface area contributed by atoms with Gasteiger partial charge in [-0.15, -0.1) is 0 Å². The second kappa shape index (κ2) is 8.46. The van der Waals surface area contributed by atoms with Gasteiger partial charge in [-0.2, -0.15) is 0 Å². The molecule has 0 aliphatic carbocycles. The van der Waals surface area contributed by atoms with E-state index in [1.165, 1.54) is 24.8 Å². The van der Waals surface area contributed by atoms with Crippen LogP contribution in [-0.4, -0.2) is 50.2 Å². The third-order valence-electron chi connectivity index (χ3n) is 4.99. The molecule has 2 heterocycles. The average molecular weight is 316 g/mol. The van der Waals surface area contributed by atoms with Crippen molar-refractivity contribution in [1.29, 1.82) is 0 Å². The van der Waals surface area contributed by atoms with Crippen LogP contribution in [0.2, 0.25) is 0 Å². The summed E-state index contributed by atoms with van der Waals surface area (Å²) in [5, 5.41) is 3.09. The SMILES string of the molecule is O=C(CN1CCCC(c2ccccc2)C1)NCC1CCCOC1. The van der Waals surface area contributed by atoms with Crippen LogP contribution in [0.4, 0.5) is 0 Å². The maximum Gasteiger partial charge on any atom is 0.234 e. The molecular formula is C19H28N2O2. The van der Waals surface area contributed by atoms with E-state index in [-0.39, 0.29) is 5.91 Å². The van der Waals surface area contributed by atoms with Crippen LogP contribution in [0.1, 0.15) is 37.2 Å². The minimum absolute atomic E-state index is 0.157. The maximum atomic E-state index is 12.2. The van der Waals surface area contributed by atoms with Gasteiger partial charge < -0.3 is 10.1 Å². The van der Waals surface area contributed by atoms with E-state index < -0.39 is 0 Å². The fourth-order valence-electron chi connectivity index (χ4n) is 3.68. The number of ether oxygens (including phenoxy) is 1. The molecule has 0 spiro atoms. The van der Waals surface area contributed by atoms with Crippen LogP contribution in [0.3, 0.4) is 0 Å². The Hall–Kier alpha value is -1.39. The molecule has 4 nitrogen and oxygen atoms in total. The first kappa shape index (κ1) is 16.5. The van der Waals surface area contributed by atoms with Gasteiger partial charge in [0.1, 0.15) is 0 Å². The molecule has 0 bridgehead atoms.